The van der Waals surface area contributed by atoms with Crippen LogP contribution in [-0.4, -0.2) is 46.7 Å². The summed E-state index contributed by atoms with van der Waals surface area (Å²) in [5.74, 6) is -0.336. The molecule has 2 aromatic heterocycles. The van der Waals surface area contributed by atoms with Gasteiger partial charge >= 0.3 is 0 Å². The normalized spacial score (nSPS) is 13.1. The lowest BCUT2D eigenvalue weighted by atomic mass is 10.1. The fraction of sp³-hybridized carbons (Fsp3) is 0.292. The Kier molecular flexibility index (Phi) is 7.85. The highest BCUT2D eigenvalue weighted by molar-refractivity contribution is 7.92. The zero-order valence-electron chi connectivity index (χ0n) is 19.0. The Bertz CT molecular complexity index is 1290. The molecule has 0 radical (unpaired) electrons. The van der Waals surface area contributed by atoms with Crippen LogP contribution in [0.5, 0.6) is 5.75 Å². The number of pyridine rings is 2. The first-order valence-corrected chi connectivity index (χ1v) is 12.5. The number of ether oxygens (including phenoxy) is 1. The molecule has 34 heavy (non-hydrogen) atoms. The summed E-state index contributed by atoms with van der Waals surface area (Å²) in [6, 6.07) is 16.3. The number of hydroxylamine groups is 1. The molecular weight excluding hydrogens is 458 g/mol. The number of amides is 1. The molecule has 1 unspecified atom stereocenters. The van der Waals surface area contributed by atoms with Crippen molar-refractivity contribution < 1.29 is 23.2 Å². The first-order chi connectivity index (χ1) is 16.1. The van der Waals surface area contributed by atoms with Gasteiger partial charge in [-0.1, -0.05) is 18.2 Å². The van der Waals surface area contributed by atoms with Gasteiger partial charge in [0, 0.05) is 43.4 Å². The maximum absolute atomic E-state index is 12.6. The molecule has 180 valence electrons. The largest absolute Gasteiger partial charge is 0.493 e. The third-order valence-corrected chi connectivity index (χ3v) is 7.79. The second-order valence-electron chi connectivity index (χ2n) is 8.08. The second kappa shape index (κ2) is 10.6. The number of carbonyl (C=O) groups is 1. The number of aromatic nitrogens is 2. The van der Waals surface area contributed by atoms with Crippen LogP contribution in [-0.2, 0) is 27.6 Å². The molecule has 1 amide bonds. The van der Waals surface area contributed by atoms with Crippen molar-refractivity contribution in [2.24, 2.45) is 0 Å². The summed E-state index contributed by atoms with van der Waals surface area (Å²) in [4.78, 5) is 28.8. The molecular formula is C24H27N3O6S. The van der Waals surface area contributed by atoms with Crippen molar-refractivity contribution in [1.29, 1.82) is 0 Å². The van der Waals surface area contributed by atoms with Crippen LogP contribution >= 0.6 is 0 Å². The van der Waals surface area contributed by atoms with E-state index in [0.717, 1.165) is 17.5 Å². The van der Waals surface area contributed by atoms with E-state index in [1.807, 2.05) is 42.5 Å². The summed E-state index contributed by atoms with van der Waals surface area (Å²) < 4.78 is 29.4. The minimum absolute atomic E-state index is 0.0147. The van der Waals surface area contributed by atoms with Crippen LogP contribution in [0.1, 0.15) is 19.0 Å². The molecule has 0 fully saturated rings. The van der Waals surface area contributed by atoms with E-state index in [-0.39, 0.29) is 18.5 Å². The lowest BCUT2D eigenvalue weighted by Crippen LogP contribution is -2.49. The van der Waals surface area contributed by atoms with Gasteiger partial charge in [0.05, 0.1) is 6.61 Å². The van der Waals surface area contributed by atoms with Crippen LogP contribution in [0.2, 0.25) is 0 Å². The van der Waals surface area contributed by atoms with Crippen LogP contribution in [0.25, 0.3) is 11.1 Å². The average molecular weight is 486 g/mol. The predicted molar refractivity (Wildman–Crippen MR) is 127 cm³/mol. The summed E-state index contributed by atoms with van der Waals surface area (Å²) in [7, 11) is -3.84. The Morgan fingerprint density at radius 3 is 2.47 bits per heavy atom. The van der Waals surface area contributed by atoms with Crippen molar-refractivity contribution in [2.75, 3.05) is 12.9 Å². The van der Waals surface area contributed by atoms with Gasteiger partial charge in [-0.2, -0.15) is 0 Å². The number of sulfone groups is 1. The smallest absolute Gasteiger partial charge is 0.264 e. The fourth-order valence-corrected chi connectivity index (χ4v) is 4.20. The average Bonchev–Trinajstić information content (AvgIpc) is 2.83. The summed E-state index contributed by atoms with van der Waals surface area (Å²) in [5.41, 5.74) is 3.53. The maximum Gasteiger partial charge on any atom is 0.264 e. The van der Waals surface area contributed by atoms with Crippen LogP contribution in [0.3, 0.4) is 0 Å². The molecule has 0 spiro atoms. The molecule has 1 atom stereocenters. The fourth-order valence-electron chi connectivity index (χ4n) is 3.35. The van der Waals surface area contributed by atoms with Gasteiger partial charge in [-0.15, -0.1) is 0 Å². The Hall–Kier alpha value is -3.50. The third-order valence-electron chi connectivity index (χ3n) is 5.77. The van der Waals surface area contributed by atoms with Gasteiger partial charge in [0.25, 0.3) is 11.5 Å². The molecule has 0 aliphatic carbocycles. The minimum atomic E-state index is -3.84. The minimum Gasteiger partial charge on any atom is -0.493 e. The summed E-state index contributed by atoms with van der Waals surface area (Å²) >= 11 is 0. The number of hydrogen-bond donors (Lipinski definition) is 2. The van der Waals surface area contributed by atoms with Crippen molar-refractivity contribution >= 4 is 15.7 Å². The number of nitrogens with zero attached hydrogens (tertiary/aromatic N) is 2. The van der Waals surface area contributed by atoms with Crippen molar-refractivity contribution in [1.82, 2.24) is 15.0 Å². The zero-order valence-corrected chi connectivity index (χ0v) is 19.8. The van der Waals surface area contributed by atoms with Gasteiger partial charge in [0.15, 0.2) is 14.6 Å². The zero-order chi connectivity index (χ0) is 24.8. The Labute approximate surface area is 197 Å². The van der Waals surface area contributed by atoms with Crippen molar-refractivity contribution in [2.45, 2.75) is 31.1 Å². The van der Waals surface area contributed by atoms with E-state index in [0.29, 0.717) is 24.3 Å². The van der Waals surface area contributed by atoms with Gasteiger partial charge < -0.3 is 9.30 Å². The van der Waals surface area contributed by atoms with Crippen LogP contribution in [0.15, 0.2) is 71.8 Å². The van der Waals surface area contributed by atoms with Gasteiger partial charge in [0.1, 0.15) is 5.75 Å². The van der Waals surface area contributed by atoms with E-state index >= 15 is 0 Å². The molecule has 0 bridgehead atoms. The highest BCUT2D eigenvalue weighted by Gasteiger charge is 2.43. The van der Waals surface area contributed by atoms with Gasteiger partial charge in [-0.05, 0) is 54.8 Å². The van der Waals surface area contributed by atoms with E-state index in [9.17, 15) is 18.0 Å². The third kappa shape index (κ3) is 5.89. The number of rotatable bonds is 10. The number of benzene rings is 1. The molecule has 3 aromatic rings. The van der Waals surface area contributed by atoms with E-state index < -0.39 is 20.5 Å². The summed E-state index contributed by atoms with van der Waals surface area (Å²) in [5, 5.41) is 8.92. The molecule has 0 aliphatic heterocycles. The van der Waals surface area contributed by atoms with Gasteiger partial charge in [-0.25, -0.2) is 13.9 Å². The topological polar surface area (TPSA) is 128 Å². The number of hydrogen-bond acceptors (Lipinski definition) is 7. The first-order valence-electron chi connectivity index (χ1n) is 10.6. The van der Waals surface area contributed by atoms with E-state index in [1.165, 1.54) is 23.0 Å². The summed E-state index contributed by atoms with van der Waals surface area (Å²) in [6.07, 6.45) is 4.73. The maximum atomic E-state index is 12.6. The SMILES string of the molecule is CC(CCn1ccc(-c2ccc(OCCc3ccccn3)cc2)cc1=O)(C(=O)NO)S(C)(=O)=O. The van der Waals surface area contributed by atoms with E-state index in [1.54, 1.807) is 18.5 Å². The highest BCUT2D eigenvalue weighted by atomic mass is 32.2. The number of carbonyl (C=O) groups excluding carboxylic acids is 1. The van der Waals surface area contributed by atoms with Gasteiger partial charge in [-0.3, -0.25) is 19.8 Å². The Balaban J connectivity index is 1.65. The predicted octanol–water partition coefficient (Wildman–Crippen LogP) is 2.23. The molecule has 0 saturated heterocycles. The molecule has 2 heterocycles. The first kappa shape index (κ1) is 25.1. The van der Waals surface area contributed by atoms with E-state index in [2.05, 4.69) is 4.98 Å². The van der Waals surface area contributed by atoms with Crippen LogP contribution in [0.4, 0.5) is 0 Å². The molecule has 9 nitrogen and oxygen atoms in total. The van der Waals surface area contributed by atoms with Crippen LogP contribution < -0.4 is 15.8 Å². The standard InChI is InChI=1S/C24H27N3O6S/c1-24(23(29)26-30,34(2,31)32)12-15-27-14-10-19(17-22(27)28)18-6-8-21(9-7-18)33-16-11-20-5-3-4-13-25-20/h3-10,13-14,17,30H,11-12,15-16H2,1-2H3,(H,26,29). The summed E-state index contributed by atoms with van der Waals surface area (Å²) in [6.45, 7) is 1.69. The molecule has 1 aromatic carbocycles. The monoisotopic (exact) mass is 485 g/mol. The Morgan fingerprint density at radius 2 is 1.88 bits per heavy atom. The van der Waals surface area contributed by atoms with Crippen molar-refractivity contribution in [3.63, 3.8) is 0 Å². The number of aryl methyl sites for hydroxylation is 1. The van der Waals surface area contributed by atoms with Gasteiger partial charge in [0.2, 0.25) is 0 Å². The van der Waals surface area contributed by atoms with Crippen molar-refractivity contribution in [3.8, 4) is 16.9 Å². The van der Waals surface area contributed by atoms with Crippen LogP contribution in [0, 0.1) is 0 Å². The number of nitrogens with one attached hydrogen (secondary N) is 1. The molecule has 0 saturated carbocycles. The second-order valence-corrected chi connectivity index (χ2v) is 10.5. The van der Waals surface area contributed by atoms with Crippen molar-refractivity contribution in [3.05, 3.63) is 83.0 Å². The Morgan fingerprint density at radius 1 is 1.15 bits per heavy atom. The molecule has 3 rings (SSSR count). The lowest BCUT2D eigenvalue weighted by molar-refractivity contribution is -0.131. The molecule has 0 aliphatic rings. The quantitative estimate of drug-likeness (QED) is 0.333. The lowest BCUT2D eigenvalue weighted by Gasteiger charge is -2.25. The highest BCUT2D eigenvalue weighted by Crippen LogP contribution is 2.23. The molecule has 10 heteroatoms. The molecule has 2 N–H and O–H groups in total. The van der Waals surface area contributed by atoms with E-state index in [4.69, 9.17) is 9.94 Å².